The van der Waals surface area contributed by atoms with Gasteiger partial charge >= 0.3 is 0 Å². The molecule has 0 radical (unpaired) electrons. The Kier molecular flexibility index (Phi) is 7.34. The molecule has 2 amide bonds. The molecule has 5 nitrogen and oxygen atoms in total. The SMILES string of the molecule is C[NH+](CC(=O)Nc1c(Cl)cccc1Cl)CC(=O)N1CCCCCC1. The summed E-state index contributed by atoms with van der Waals surface area (Å²) in [6.45, 7) is 2.14. The Hall–Kier alpha value is -1.30. The van der Waals surface area contributed by atoms with Gasteiger partial charge in [0.1, 0.15) is 0 Å². The summed E-state index contributed by atoms with van der Waals surface area (Å²) in [6, 6.07) is 5.06. The summed E-state index contributed by atoms with van der Waals surface area (Å²) < 4.78 is 0. The third-order valence-electron chi connectivity index (χ3n) is 4.10. The molecule has 1 saturated heterocycles. The number of para-hydroxylation sites is 1. The van der Waals surface area contributed by atoms with E-state index in [4.69, 9.17) is 23.2 Å². The number of carbonyl (C=O) groups excluding carboxylic acids is 2. The van der Waals surface area contributed by atoms with Gasteiger partial charge in [-0.3, -0.25) is 9.59 Å². The first-order valence-electron chi connectivity index (χ1n) is 8.30. The van der Waals surface area contributed by atoms with Crippen LogP contribution in [0.5, 0.6) is 0 Å². The minimum Gasteiger partial charge on any atom is -0.338 e. The first kappa shape index (κ1) is 19.0. The molecule has 1 aromatic carbocycles. The van der Waals surface area contributed by atoms with Gasteiger partial charge in [-0.25, -0.2) is 0 Å². The zero-order valence-electron chi connectivity index (χ0n) is 13.9. The Morgan fingerprint density at radius 3 is 2.25 bits per heavy atom. The Morgan fingerprint density at radius 2 is 1.67 bits per heavy atom. The van der Waals surface area contributed by atoms with Crippen LogP contribution in [0.15, 0.2) is 18.2 Å². The van der Waals surface area contributed by atoms with Crippen LogP contribution >= 0.6 is 23.2 Å². The fraction of sp³-hybridized carbons (Fsp3) is 0.529. The largest absolute Gasteiger partial charge is 0.338 e. The van der Waals surface area contributed by atoms with E-state index >= 15 is 0 Å². The number of quaternary nitrogens is 1. The van der Waals surface area contributed by atoms with Crippen molar-refractivity contribution in [2.24, 2.45) is 0 Å². The molecular formula is C17H24Cl2N3O2+. The zero-order chi connectivity index (χ0) is 17.5. The van der Waals surface area contributed by atoms with Gasteiger partial charge in [-0.1, -0.05) is 42.1 Å². The van der Waals surface area contributed by atoms with E-state index in [2.05, 4.69) is 5.32 Å². The molecule has 0 aliphatic carbocycles. The number of hydrogen-bond acceptors (Lipinski definition) is 2. The maximum atomic E-state index is 12.3. The van der Waals surface area contributed by atoms with Crippen molar-refractivity contribution in [2.75, 3.05) is 38.5 Å². The second-order valence-corrected chi connectivity index (χ2v) is 7.06. The van der Waals surface area contributed by atoms with Gasteiger partial charge in [0.05, 0.1) is 22.8 Å². The monoisotopic (exact) mass is 372 g/mol. The van der Waals surface area contributed by atoms with Gasteiger partial charge in [-0.2, -0.15) is 0 Å². The summed E-state index contributed by atoms with van der Waals surface area (Å²) >= 11 is 12.1. The predicted octanol–water partition coefficient (Wildman–Crippen LogP) is 1.85. The standard InChI is InChI=1S/C17H23Cl2N3O2/c1-21(12-16(24)22-9-4-2-3-5-10-22)11-15(23)20-17-13(18)7-6-8-14(17)19/h6-8H,2-5,9-12H2,1H3,(H,20,23)/p+1. The van der Waals surface area contributed by atoms with Crippen LogP contribution in [0, 0.1) is 0 Å². The molecule has 132 valence electrons. The van der Waals surface area contributed by atoms with Crippen LogP contribution in [0.25, 0.3) is 0 Å². The number of hydrogen-bond donors (Lipinski definition) is 2. The van der Waals surface area contributed by atoms with E-state index in [9.17, 15) is 9.59 Å². The number of carbonyl (C=O) groups is 2. The molecule has 24 heavy (non-hydrogen) atoms. The lowest BCUT2D eigenvalue weighted by molar-refractivity contribution is -0.862. The quantitative estimate of drug-likeness (QED) is 0.828. The molecular weight excluding hydrogens is 349 g/mol. The van der Waals surface area contributed by atoms with Gasteiger partial charge < -0.3 is 15.1 Å². The lowest BCUT2D eigenvalue weighted by Crippen LogP contribution is -3.11. The number of nitrogens with one attached hydrogen (secondary N) is 2. The van der Waals surface area contributed by atoms with Crippen LogP contribution in [0.3, 0.4) is 0 Å². The number of benzene rings is 1. The van der Waals surface area contributed by atoms with E-state index in [-0.39, 0.29) is 18.4 Å². The molecule has 0 aromatic heterocycles. The minimum absolute atomic E-state index is 0.109. The third kappa shape index (κ3) is 5.65. The number of likely N-dealkylation sites (N-methyl/N-ethyl adjacent to an activating group) is 1. The zero-order valence-corrected chi connectivity index (χ0v) is 15.4. The lowest BCUT2D eigenvalue weighted by atomic mass is 10.2. The Bertz CT molecular complexity index is 567. The molecule has 1 aromatic rings. The van der Waals surface area contributed by atoms with E-state index < -0.39 is 0 Å². The lowest BCUT2D eigenvalue weighted by Gasteiger charge is -2.22. The summed E-state index contributed by atoms with van der Waals surface area (Å²) in [5, 5.41) is 3.52. The first-order valence-corrected chi connectivity index (χ1v) is 9.06. The predicted molar refractivity (Wildman–Crippen MR) is 96.8 cm³/mol. The van der Waals surface area contributed by atoms with Crippen LogP contribution in [-0.2, 0) is 9.59 Å². The van der Waals surface area contributed by atoms with Crippen molar-refractivity contribution in [2.45, 2.75) is 25.7 Å². The van der Waals surface area contributed by atoms with Crippen molar-refractivity contribution in [3.63, 3.8) is 0 Å². The van der Waals surface area contributed by atoms with E-state index in [1.165, 1.54) is 12.8 Å². The smallest absolute Gasteiger partial charge is 0.279 e. The summed E-state index contributed by atoms with van der Waals surface area (Å²) in [5.41, 5.74) is 0.414. The maximum absolute atomic E-state index is 12.3. The average molecular weight is 373 g/mol. The molecule has 1 heterocycles. The van der Waals surface area contributed by atoms with Gasteiger partial charge in [0.25, 0.3) is 11.8 Å². The van der Waals surface area contributed by atoms with Crippen molar-refractivity contribution in [1.29, 1.82) is 0 Å². The van der Waals surface area contributed by atoms with Crippen molar-refractivity contribution < 1.29 is 14.5 Å². The summed E-state index contributed by atoms with van der Waals surface area (Å²) in [4.78, 5) is 27.3. The van der Waals surface area contributed by atoms with Crippen LogP contribution in [-0.4, -0.2) is 49.9 Å². The molecule has 7 heteroatoms. The normalized spacial score (nSPS) is 16.4. The van der Waals surface area contributed by atoms with Gasteiger partial charge in [-0.05, 0) is 25.0 Å². The fourth-order valence-corrected chi connectivity index (χ4v) is 3.32. The van der Waals surface area contributed by atoms with Gasteiger partial charge in [0.2, 0.25) is 0 Å². The maximum Gasteiger partial charge on any atom is 0.279 e. The van der Waals surface area contributed by atoms with Crippen molar-refractivity contribution in [3.05, 3.63) is 28.2 Å². The second-order valence-electron chi connectivity index (χ2n) is 6.25. The number of halogens is 2. The van der Waals surface area contributed by atoms with Crippen molar-refractivity contribution >= 4 is 40.7 Å². The summed E-state index contributed by atoms with van der Waals surface area (Å²) in [5.74, 6) is -0.107. The topological polar surface area (TPSA) is 53.9 Å². The van der Waals surface area contributed by atoms with E-state index in [0.29, 0.717) is 22.3 Å². The molecule has 1 fully saturated rings. The van der Waals surface area contributed by atoms with Crippen LogP contribution < -0.4 is 10.2 Å². The Labute approximate surface area is 152 Å². The molecule has 1 aliphatic heterocycles. The van der Waals surface area contributed by atoms with Crippen LogP contribution in [0.2, 0.25) is 10.0 Å². The number of amides is 2. The number of rotatable bonds is 5. The minimum atomic E-state index is -0.217. The van der Waals surface area contributed by atoms with Gasteiger partial charge in [0.15, 0.2) is 13.1 Å². The fourth-order valence-electron chi connectivity index (χ4n) is 2.83. The molecule has 1 aliphatic rings. The Morgan fingerprint density at radius 1 is 1.08 bits per heavy atom. The Balaban J connectivity index is 1.84. The molecule has 0 saturated carbocycles. The van der Waals surface area contributed by atoms with Gasteiger partial charge in [0, 0.05) is 13.1 Å². The van der Waals surface area contributed by atoms with E-state index in [1.807, 2.05) is 11.9 Å². The number of anilines is 1. The highest BCUT2D eigenvalue weighted by Gasteiger charge is 2.21. The van der Waals surface area contributed by atoms with Crippen molar-refractivity contribution in [3.8, 4) is 0 Å². The van der Waals surface area contributed by atoms with E-state index in [0.717, 1.165) is 30.8 Å². The highest BCUT2D eigenvalue weighted by atomic mass is 35.5. The number of nitrogens with zero attached hydrogens (tertiary/aromatic N) is 1. The average Bonchev–Trinajstić information content (AvgIpc) is 2.80. The molecule has 2 N–H and O–H groups in total. The molecule has 0 bridgehead atoms. The first-order chi connectivity index (χ1) is 11.5. The molecule has 2 rings (SSSR count). The summed E-state index contributed by atoms with van der Waals surface area (Å²) in [6.07, 6.45) is 4.51. The van der Waals surface area contributed by atoms with Gasteiger partial charge in [-0.15, -0.1) is 0 Å². The highest BCUT2D eigenvalue weighted by molar-refractivity contribution is 6.39. The van der Waals surface area contributed by atoms with E-state index in [1.54, 1.807) is 18.2 Å². The highest BCUT2D eigenvalue weighted by Crippen LogP contribution is 2.29. The molecule has 1 unspecified atom stereocenters. The summed E-state index contributed by atoms with van der Waals surface area (Å²) in [7, 11) is 1.84. The number of likely N-dealkylation sites (tertiary alicyclic amines) is 1. The van der Waals surface area contributed by atoms with Crippen LogP contribution in [0.4, 0.5) is 5.69 Å². The molecule has 0 spiro atoms. The van der Waals surface area contributed by atoms with Crippen LogP contribution in [0.1, 0.15) is 25.7 Å². The third-order valence-corrected chi connectivity index (χ3v) is 4.73. The second kappa shape index (κ2) is 9.25. The van der Waals surface area contributed by atoms with Crippen molar-refractivity contribution in [1.82, 2.24) is 4.90 Å². The molecule has 1 atom stereocenters.